The van der Waals surface area contributed by atoms with Crippen molar-refractivity contribution in [1.29, 1.82) is 0 Å². The van der Waals surface area contributed by atoms with Crippen LogP contribution in [0.15, 0.2) is 30.3 Å². The molecule has 11 nitrogen and oxygen atoms in total. The van der Waals surface area contributed by atoms with Crippen LogP contribution >= 0.6 is 0 Å². The zero-order valence-corrected chi connectivity index (χ0v) is 24.5. The number of esters is 5. The van der Waals surface area contributed by atoms with Crippen molar-refractivity contribution in [3.05, 3.63) is 35.9 Å². The molecular weight excluding hydrogens is 536 g/mol. The minimum absolute atomic E-state index is 0.230. The Bertz CT molecular complexity index is 1210. The van der Waals surface area contributed by atoms with Crippen molar-refractivity contribution in [3.63, 3.8) is 0 Å². The molecule has 224 valence electrons. The first-order valence-electron chi connectivity index (χ1n) is 13.8. The lowest BCUT2D eigenvalue weighted by molar-refractivity contribution is -0.314. The highest BCUT2D eigenvalue weighted by molar-refractivity contribution is 5.89. The van der Waals surface area contributed by atoms with Crippen LogP contribution in [0.1, 0.15) is 71.7 Å². The molecule has 1 aliphatic heterocycles. The fourth-order valence-electron chi connectivity index (χ4n) is 7.44. The van der Waals surface area contributed by atoms with Crippen LogP contribution < -0.4 is 0 Å². The second kappa shape index (κ2) is 11.1. The number of benzene rings is 1. The molecule has 2 saturated carbocycles. The molecule has 3 fully saturated rings. The second-order valence-electron chi connectivity index (χ2n) is 11.7. The van der Waals surface area contributed by atoms with Gasteiger partial charge in [-0.2, -0.15) is 0 Å². The number of hydrogen-bond donors (Lipinski definition) is 0. The zero-order valence-electron chi connectivity index (χ0n) is 24.5. The molecule has 41 heavy (non-hydrogen) atoms. The highest BCUT2D eigenvalue weighted by Crippen LogP contribution is 2.68. The molecule has 2 aliphatic carbocycles. The SMILES string of the molecule is CC(=O)OC[C@@]12[C@@H](OC(C)=O)CC[C@@H](C)[C@]13OC(C)(C)[C@H]([C@H](OC(C)=O)[C@@H]2OC(=O)c1ccccc1)[C@H]3OC(C)=O. The maximum absolute atomic E-state index is 13.7. The summed E-state index contributed by atoms with van der Waals surface area (Å²) in [6, 6.07) is 8.24. The standard InChI is InChI=1S/C30H38O11/c1-16-13-14-22(37-18(3)32)29(15-36-17(2)31)26(40-27(35)21-11-9-8-10-12-21)24(38-19(4)33)23-25(39-20(5)34)30(16,29)41-28(23,6)7/h8-12,16,22-26H,13-15H2,1-7H3/t16-,22+,23-,24+,25-,26+,29+,30-/m1/s1. The third-order valence-electron chi connectivity index (χ3n) is 8.70. The lowest BCUT2D eigenvalue weighted by atomic mass is 9.47. The van der Waals surface area contributed by atoms with Gasteiger partial charge in [0.2, 0.25) is 0 Å². The highest BCUT2D eigenvalue weighted by Gasteiger charge is 2.84. The summed E-state index contributed by atoms with van der Waals surface area (Å²) in [5.74, 6) is -4.44. The average Bonchev–Trinajstić information content (AvgIpc) is 3.06. The predicted molar refractivity (Wildman–Crippen MR) is 141 cm³/mol. The Morgan fingerprint density at radius 2 is 1.41 bits per heavy atom. The number of rotatable bonds is 7. The van der Waals surface area contributed by atoms with Crippen molar-refractivity contribution in [1.82, 2.24) is 0 Å². The van der Waals surface area contributed by atoms with E-state index in [1.807, 2.05) is 6.92 Å². The van der Waals surface area contributed by atoms with E-state index in [0.717, 1.165) is 0 Å². The van der Waals surface area contributed by atoms with Gasteiger partial charge in [-0.3, -0.25) is 19.2 Å². The number of ether oxygens (including phenoxy) is 6. The van der Waals surface area contributed by atoms with Crippen molar-refractivity contribution in [3.8, 4) is 0 Å². The quantitative estimate of drug-likeness (QED) is 0.350. The first-order valence-corrected chi connectivity index (χ1v) is 13.8. The van der Waals surface area contributed by atoms with E-state index in [9.17, 15) is 24.0 Å². The van der Waals surface area contributed by atoms with Crippen LogP contribution in [0, 0.1) is 17.3 Å². The van der Waals surface area contributed by atoms with Gasteiger partial charge in [0.05, 0.1) is 17.1 Å². The van der Waals surface area contributed by atoms with Crippen molar-refractivity contribution < 1.29 is 52.4 Å². The van der Waals surface area contributed by atoms with E-state index in [1.54, 1.807) is 44.2 Å². The first kappa shape index (κ1) is 30.5. The van der Waals surface area contributed by atoms with E-state index >= 15 is 0 Å². The van der Waals surface area contributed by atoms with E-state index in [0.29, 0.717) is 6.42 Å². The van der Waals surface area contributed by atoms with Crippen LogP contribution in [0.5, 0.6) is 0 Å². The Hall–Kier alpha value is -3.47. The first-order chi connectivity index (χ1) is 19.2. The maximum atomic E-state index is 13.7. The summed E-state index contributed by atoms with van der Waals surface area (Å²) in [5.41, 5.74) is -3.98. The van der Waals surface area contributed by atoms with Crippen LogP contribution in [-0.4, -0.2) is 72.1 Å². The molecule has 0 amide bonds. The van der Waals surface area contributed by atoms with Crippen molar-refractivity contribution in [2.45, 2.75) is 96.9 Å². The Kier molecular flexibility index (Phi) is 8.23. The van der Waals surface area contributed by atoms with E-state index < -0.39 is 83.4 Å². The number of carbonyl (C=O) groups excluding carboxylic acids is 5. The van der Waals surface area contributed by atoms with Gasteiger partial charge in [0.1, 0.15) is 35.9 Å². The van der Waals surface area contributed by atoms with Gasteiger partial charge in [-0.1, -0.05) is 25.1 Å². The molecule has 3 aliphatic rings. The minimum atomic E-state index is -1.64. The molecule has 0 N–H and O–H groups in total. The van der Waals surface area contributed by atoms with E-state index in [-0.39, 0.29) is 17.9 Å². The third kappa shape index (κ3) is 5.09. The van der Waals surface area contributed by atoms with Crippen LogP contribution in [0.25, 0.3) is 0 Å². The van der Waals surface area contributed by atoms with Crippen LogP contribution in [0.2, 0.25) is 0 Å². The molecule has 0 aromatic heterocycles. The fraction of sp³-hybridized carbons (Fsp3) is 0.633. The zero-order chi connectivity index (χ0) is 30.3. The van der Waals surface area contributed by atoms with Crippen molar-refractivity contribution in [2.24, 2.45) is 17.3 Å². The van der Waals surface area contributed by atoms with Gasteiger partial charge < -0.3 is 28.4 Å². The maximum Gasteiger partial charge on any atom is 0.338 e. The fourth-order valence-corrected chi connectivity index (χ4v) is 7.44. The van der Waals surface area contributed by atoms with Gasteiger partial charge in [-0.25, -0.2) is 4.79 Å². The molecule has 1 saturated heterocycles. The lowest BCUT2D eigenvalue weighted by Gasteiger charge is -2.63. The summed E-state index contributed by atoms with van der Waals surface area (Å²) in [6.07, 6.45) is -3.85. The third-order valence-corrected chi connectivity index (χ3v) is 8.70. The Labute approximate surface area is 239 Å². The number of carbonyl (C=O) groups is 5. The van der Waals surface area contributed by atoms with E-state index in [2.05, 4.69) is 0 Å². The van der Waals surface area contributed by atoms with Crippen molar-refractivity contribution >= 4 is 29.8 Å². The smallest absolute Gasteiger partial charge is 0.338 e. The number of fused-ring (bicyclic) bond motifs is 1. The number of hydrogen-bond acceptors (Lipinski definition) is 11. The molecule has 1 aromatic carbocycles. The summed E-state index contributed by atoms with van der Waals surface area (Å²) in [4.78, 5) is 63.7. The Morgan fingerprint density at radius 3 is 1.98 bits per heavy atom. The van der Waals surface area contributed by atoms with Gasteiger partial charge in [-0.05, 0) is 44.7 Å². The van der Waals surface area contributed by atoms with Gasteiger partial charge in [0.25, 0.3) is 0 Å². The predicted octanol–water partition coefficient (Wildman–Crippen LogP) is 3.16. The Morgan fingerprint density at radius 1 is 0.805 bits per heavy atom. The summed E-state index contributed by atoms with van der Waals surface area (Å²) in [6.45, 7) is 9.97. The molecule has 0 radical (unpaired) electrons. The van der Waals surface area contributed by atoms with Crippen LogP contribution in [0.4, 0.5) is 0 Å². The molecule has 0 unspecified atom stereocenters. The molecular formula is C30H38O11. The molecule has 8 atom stereocenters. The second-order valence-corrected chi connectivity index (χ2v) is 11.7. The summed E-state index contributed by atoms with van der Waals surface area (Å²) in [5, 5.41) is 0. The average molecular weight is 575 g/mol. The minimum Gasteiger partial charge on any atom is -0.465 e. The van der Waals surface area contributed by atoms with Gasteiger partial charge in [-0.15, -0.1) is 0 Å². The monoisotopic (exact) mass is 574 g/mol. The Balaban J connectivity index is 2.06. The van der Waals surface area contributed by atoms with Gasteiger partial charge >= 0.3 is 29.8 Å². The van der Waals surface area contributed by atoms with Gasteiger partial charge in [0, 0.05) is 27.7 Å². The molecule has 2 bridgehead atoms. The summed E-state index contributed by atoms with van der Waals surface area (Å²) < 4.78 is 36.7. The highest BCUT2D eigenvalue weighted by atomic mass is 16.6. The van der Waals surface area contributed by atoms with E-state index in [4.69, 9.17) is 28.4 Å². The lowest BCUT2D eigenvalue weighted by Crippen LogP contribution is -2.79. The van der Waals surface area contributed by atoms with Crippen LogP contribution in [0.3, 0.4) is 0 Å². The molecule has 1 heterocycles. The van der Waals surface area contributed by atoms with Crippen LogP contribution in [-0.2, 0) is 47.6 Å². The molecule has 1 aromatic rings. The van der Waals surface area contributed by atoms with E-state index in [1.165, 1.54) is 27.7 Å². The molecule has 1 spiro atoms. The molecule has 11 heteroatoms. The topological polar surface area (TPSA) is 141 Å². The van der Waals surface area contributed by atoms with Gasteiger partial charge in [0.15, 0.2) is 6.10 Å². The molecule has 4 rings (SSSR count). The summed E-state index contributed by atoms with van der Waals surface area (Å²) >= 11 is 0. The summed E-state index contributed by atoms with van der Waals surface area (Å²) in [7, 11) is 0. The normalized spacial score (nSPS) is 34.9. The van der Waals surface area contributed by atoms with Crippen molar-refractivity contribution in [2.75, 3.05) is 6.61 Å². The largest absolute Gasteiger partial charge is 0.465 e.